The van der Waals surface area contributed by atoms with Crippen LogP contribution in [-0.2, 0) is 0 Å². The van der Waals surface area contributed by atoms with Gasteiger partial charge < -0.3 is 11.1 Å². The zero-order valence-corrected chi connectivity index (χ0v) is 11.6. The van der Waals surface area contributed by atoms with Gasteiger partial charge in [0.15, 0.2) is 0 Å². The quantitative estimate of drug-likeness (QED) is 0.712. The summed E-state index contributed by atoms with van der Waals surface area (Å²) in [5, 5.41) is 2.78. The number of rotatable bonds is 2. The van der Waals surface area contributed by atoms with Crippen LogP contribution >= 0.6 is 11.3 Å². The van der Waals surface area contributed by atoms with Gasteiger partial charge in [-0.05, 0) is 18.2 Å². The molecule has 0 unspecified atom stereocenters. The van der Waals surface area contributed by atoms with E-state index in [4.69, 9.17) is 12.2 Å². The van der Waals surface area contributed by atoms with E-state index >= 15 is 0 Å². The van der Waals surface area contributed by atoms with E-state index in [9.17, 15) is 4.79 Å². The van der Waals surface area contributed by atoms with Crippen LogP contribution in [0.5, 0.6) is 0 Å². The molecule has 0 fully saturated rings. The second-order valence-corrected chi connectivity index (χ2v) is 5.23. The summed E-state index contributed by atoms with van der Waals surface area (Å²) in [5.41, 5.74) is 8.17. The molecule has 0 radical (unpaired) electrons. The second kappa shape index (κ2) is 5.23. The van der Waals surface area contributed by atoms with E-state index in [-0.39, 0.29) is 5.91 Å². The predicted octanol–water partition coefficient (Wildman–Crippen LogP) is 2.51. The Labute approximate surface area is 124 Å². The van der Waals surface area contributed by atoms with Gasteiger partial charge in [-0.2, -0.15) is 0 Å². The van der Waals surface area contributed by atoms with Gasteiger partial charge in [0.2, 0.25) is 0 Å². The summed E-state index contributed by atoms with van der Waals surface area (Å²) in [7, 11) is 0. The molecule has 0 saturated heterocycles. The summed E-state index contributed by atoms with van der Waals surface area (Å²) in [6.45, 7) is 0. The maximum atomic E-state index is 12.3. The van der Waals surface area contributed by atoms with Crippen LogP contribution in [0.15, 0.2) is 36.7 Å². The lowest BCUT2D eigenvalue weighted by Crippen LogP contribution is -2.12. The molecule has 3 aromatic rings. The van der Waals surface area contributed by atoms with Gasteiger partial charge in [0.05, 0.1) is 5.69 Å². The van der Waals surface area contributed by atoms with Gasteiger partial charge in [0.1, 0.15) is 15.2 Å². The third kappa shape index (κ3) is 2.42. The monoisotopic (exact) mass is 294 g/mol. The van der Waals surface area contributed by atoms with Crippen molar-refractivity contribution in [1.82, 2.24) is 9.97 Å². The minimum atomic E-state index is -0.300. The number of fused-ring (bicyclic) bond motifs is 1. The van der Waals surface area contributed by atoms with Crippen molar-refractivity contribution in [1.29, 1.82) is 0 Å². The molecule has 2 aromatic heterocycles. The summed E-state index contributed by atoms with van der Waals surface area (Å²) in [5.74, 6) is 2.22. The molecular formula is C15H10N4OS. The fraction of sp³-hybridized carbons (Fsp3) is 0. The summed E-state index contributed by atoms with van der Waals surface area (Å²) in [4.78, 5) is 21.6. The highest BCUT2D eigenvalue weighted by Crippen LogP contribution is 2.30. The SMILES string of the molecule is C#Cc1cccc(NC(=O)c2sc3nccnc3c2N)c1. The molecule has 21 heavy (non-hydrogen) atoms. The zero-order chi connectivity index (χ0) is 14.8. The first-order valence-corrected chi connectivity index (χ1v) is 6.87. The molecule has 5 nitrogen and oxygen atoms in total. The Balaban J connectivity index is 1.94. The molecule has 0 bridgehead atoms. The second-order valence-electron chi connectivity index (χ2n) is 4.23. The van der Waals surface area contributed by atoms with Gasteiger partial charge in [0, 0.05) is 23.6 Å². The molecule has 1 aromatic carbocycles. The van der Waals surface area contributed by atoms with E-state index in [0.29, 0.717) is 32.2 Å². The molecule has 3 rings (SSSR count). The Morgan fingerprint density at radius 2 is 2.14 bits per heavy atom. The number of anilines is 2. The van der Waals surface area contributed by atoms with Crippen LogP contribution in [-0.4, -0.2) is 15.9 Å². The Kier molecular flexibility index (Phi) is 3.26. The standard InChI is InChI=1S/C15H10N4OS/c1-2-9-4-3-5-10(8-9)19-14(20)13-11(16)12-15(21-13)18-7-6-17-12/h1,3-8H,16H2,(H,19,20). The van der Waals surface area contributed by atoms with Crippen molar-refractivity contribution < 1.29 is 4.79 Å². The maximum absolute atomic E-state index is 12.3. The number of aromatic nitrogens is 2. The van der Waals surface area contributed by atoms with Crippen molar-refractivity contribution in [2.24, 2.45) is 0 Å². The van der Waals surface area contributed by atoms with Crippen LogP contribution in [0.2, 0.25) is 0 Å². The largest absolute Gasteiger partial charge is 0.396 e. The van der Waals surface area contributed by atoms with Crippen molar-refractivity contribution in [2.75, 3.05) is 11.1 Å². The highest BCUT2D eigenvalue weighted by atomic mass is 32.1. The van der Waals surface area contributed by atoms with Gasteiger partial charge in [-0.3, -0.25) is 4.79 Å². The third-order valence-electron chi connectivity index (χ3n) is 2.86. The van der Waals surface area contributed by atoms with E-state index in [0.717, 1.165) is 0 Å². The zero-order valence-electron chi connectivity index (χ0n) is 10.8. The molecule has 0 aliphatic carbocycles. The normalized spacial score (nSPS) is 10.2. The molecule has 0 saturated carbocycles. The number of amides is 1. The number of carbonyl (C=O) groups excluding carboxylic acids is 1. The van der Waals surface area contributed by atoms with Gasteiger partial charge in [0.25, 0.3) is 5.91 Å². The van der Waals surface area contributed by atoms with Crippen molar-refractivity contribution in [3.63, 3.8) is 0 Å². The van der Waals surface area contributed by atoms with Crippen molar-refractivity contribution in [3.05, 3.63) is 47.1 Å². The number of benzene rings is 1. The van der Waals surface area contributed by atoms with Crippen molar-refractivity contribution in [3.8, 4) is 12.3 Å². The number of nitrogens with zero attached hydrogens (tertiary/aromatic N) is 2. The third-order valence-corrected chi connectivity index (χ3v) is 3.96. The van der Waals surface area contributed by atoms with E-state index in [1.165, 1.54) is 11.3 Å². The summed E-state index contributed by atoms with van der Waals surface area (Å²) in [6.07, 6.45) is 8.45. The molecule has 102 valence electrons. The van der Waals surface area contributed by atoms with E-state index in [1.54, 1.807) is 36.7 Å². The van der Waals surface area contributed by atoms with Crippen LogP contribution < -0.4 is 11.1 Å². The first-order valence-electron chi connectivity index (χ1n) is 6.06. The van der Waals surface area contributed by atoms with Crippen LogP contribution in [0.25, 0.3) is 10.3 Å². The number of nitrogen functional groups attached to an aromatic ring is 1. The van der Waals surface area contributed by atoms with E-state index < -0.39 is 0 Å². The number of carbonyl (C=O) groups is 1. The highest BCUT2D eigenvalue weighted by Gasteiger charge is 2.17. The van der Waals surface area contributed by atoms with Gasteiger partial charge in [-0.1, -0.05) is 12.0 Å². The van der Waals surface area contributed by atoms with Crippen molar-refractivity contribution in [2.45, 2.75) is 0 Å². The minimum absolute atomic E-state index is 0.300. The molecule has 0 aliphatic rings. The molecule has 6 heteroatoms. The molecular weight excluding hydrogens is 284 g/mol. The van der Waals surface area contributed by atoms with E-state index in [1.807, 2.05) is 0 Å². The number of thiophene rings is 1. The molecule has 2 heterocycles. The molecule has 3 N–H and O–H groups in total. The van der Waals surface area contributed by atoms with Gasteiger partial charge in [-0.15, -0.1) is 17.8 Å². The van der Waals surface area contributed by atoms with Gasteiger partial charge in [-0.25, -0.2) is 9.97 Å². The Bertz CT molecular complexity index is 879. The summed E-state index contributed by atoms with van der Waals surface area (Å²) < 4.78 is 0. The van der Waals surface area contributed by atoms with Crippen LogP contribution in [0, 0.1) is 12.3 Å². The maximum Gasteiger partial charge on any atom is 0.268 e. The molecule has 0 spiro atoms. The lowest BCUT2D eigenvalue weighted by Gasteiger charge is -2.04. The van der Waals surface area contributed by atoms with Crippen LogP contribution in [0.4, 0.5) is 11.4 Å². The molecule has 0 atom stereocenters. The lowest BCUT2D eigenvalue weighted by atomic mass is 10.2. The number of nitrogens with one attached hydrogen (secondary N) is 1. The fourth-order valence-electron chi connectivity index (χ4n) is 1.89. The topological polar surface area (TPSA) is 80.9 Å². The highest BCUT2D eigenvalue weighted by molar-refractivity contribution is 7.21. The smallest absolute Gasteiger partial charge is 0.268 e. The number of nitrogens with two attached hydrogens (primary N) is 1. The Morgan fingerprint density at radius 1 is 1.33 bits per heavy atom. The fourth-order valence-corrected chi connectivity index (χ4v) is 2.80. The van der Waals surface area contributed by atoms with Gasteiger partial charge >= 0.3 is 0 Å². The molecule has 0 aliphatic heterocycles. The first kappa shape index (κ1) is 13.1. The Morgan fingerprint density at radius 3 is 2.90 bits per heavy atom. The van der Waals surface area contributed by atoms with Crippen LogP contribution in [0.3, 0.4) is 0 Å². The van der Waals surface area contributed by atoms with Crippen LogP contribution in [0.1, 0.15) is 15.2 Å². The first-order chi connectivity index (χ1) is 10.2. The average Bonchev–Trinajstić information content (AvgIpc) is 2.85. The molecule has 1 amide bonds. The van der Waals surface area contributed by atoms with Crippen molar-refractivity contribution >= 4 is 39.0 Å². The number of hydrogen-bond acceptors (Lipinski definition) is 5. The average molecular weight is 294 g/mol. The summed E-state index contributed by atoms with van der Waals surface area (Å²) >= 11 is 1.21. The van der Waals surface area contributed by atoms with E-state index in [2.05, 4.69) is 21.2 Å². The number of hydrogen-bond donors (Lipinski definition) is 2. The lowest BCUT2D eigenvalue weighted by molar-refractivity contribution is 0.103. The Hall–Kier alpha value is -2.91. The number of terminal acetylenes is 1. The predicted molar refractivity (Wildman–Crippen MR) is 84.2 cm³/mol. The summed E-state index contributed by atoms with van der Waals surface area (Å²) in [6, 6.07) is 7.05. The minimum Gasteiger partial charge on any atom is -0.396 e.